The highest BCUT2D eigenvalue weighted by Gasteiger charge is 2.14. The Kier molecular flexibility index (Phi) is 5.85. The molecule has 1 rings (SSSR count). The van der Waals surface area contributed by atoms with E-state index in [-0.39, 0.29) is 23.8 Å². The minimum atomic E-state index is -1.06. The van der Waals surface area contributed by atoms with Gasteiger partial charge >= 0.3 is 5.97 Å². The Bertz CT molecular complexity index is 457. The quantitative estimate of drug-likeness (QED) is 0.739. The smallest absolute Gasteiger partial charge is 0.339 e. The Hall–Kier alpha value is -2.04. The summed E-state index contributed by atoms with van der Waals surface area (Å²) in [4.78, 5) is 22.5. The van der Waals surface area contributed by atoms with Gasteiger partial charge in [0, 0.05) is 6.54 Å². The van der Waals surface area contributed by atoms with Gasteiger partial charge in [0.15, 0.2) is 6.61 Å². The molecular formula is C14H19NO4. The highest BCUT2D eigenvalue weighted by Crippen LogP contribution is 2.23. The number of benzene rings is 1. The number of nitrogens with one attached hydrogen (secondary N) is 1. The molecule has 0 radical (unpaired) electrons. The van der Waals surface area contributed by atoms with Crippen LogP contribution in [0.2, 0.25) is 0 Å². The largest absolute Gasteiger partial charge is 0.483 e. The van der Waals surface area contributed by atoms with Crippen LogP contribution in [0.1, 0.15) is 35.7 Å². The van der Waals surface area contributed by atoms with Gasteiger partial charge in [0.1, 0.15) is 11.3 Å². The highest BCUT2D eigenvalue weighted by atomic mass is 16.5. The summed E-state index contributed by atoms with van der Waals surface area (Å²) in [5.74, 6) is -1.06. The van der Waals surface area contributed by atoms with Crippen LogP contribution in [0, 0.1) is 6.92 Å². The lowest BCUT2D eigenvalue weighted by molar-refractivity contribution is -0.123. The summed E-state index contributed by atoms with van der Waals surface area (Å²) in [6, 6.07) is 4.85. The number of hydrogen-bond donors (Lipinski definition) is 2. The van der Waals surface area contributed by atoms with Crippen LogP contribution in [0.25, 0.3) is 0 Å². The predicted molar refractivity (Wildman–Crippen MR) is 71.6 cm³/mol. The van der Waals surface area contributed by atoms with Gasteiger partial charge in [0.25, 0.3) is 5.91 Å². The van der Waals surface area contributed by atoms with E-state index in [1.54, 1.807) is 19.1 Å². The lowest BCUT2D eigenvalue weighted by Crippen LogP contribution is -2.30. The molecule has 2 N–H and O–H groups in total. The molecule has 0 aliphatic carbocycles. The number of rotatable bonds is 7. The first-order chi connectivity index (χ1) is 9.06. The van der Waals surface area contributed by atoms with E-state index < -0.39 is 5.97 Å². The van der Waals surface area contributed by atoms with Gasteiger partial charge in [0.05, 0.1) is 0 Å². The SMILES string of the molecule is CCCCNC(=O)COc1c(C)cccc1C(=O)O. The molecule has 5 nitrogen and oxygen atoms in total. The number of carboxylic acids is 1. The summed E-state index contributed by atoms with van der Waals surface area (Å²) in [5, 5.41) is 11.8. The standard InChI is InChI=1S/C14H19NO4/c1-3-4-8-15-12(16)9-19-13-10(2)6-5-7-11(13)14(17)18/h5-7H,3-4,8-9H2,1-2H3,(H,15,16)(H,17,18). The van der Waals surface area contributed by atoms with Gasteiger partial charge in [-0.05, 0) is 25.0 Å². The molecule has 0 unspecified atom stereocenters. The Morgan fingerprint density at radius 3 is 2.74 bits per heavy atom. The van der Waals surface area contributed by atoms with Crippen molar-refractivity contribution in [3.8, 4) is 5.75 Å². The number of carboxylic acid groups (broad SMARTS) is 1. The zero-order chi connectivity index (χ0) is 14.3. The summed E-state index contributed by atoms with van der Waals surface area (Å²) >= 11 is 0. The second-order valence-electron chi connectivity index (χ2n) is 4.25. The monoisotopic (exact) mass is 265 g/mol. The first kappa shape index (κ1) is 15.0. The van der Waals surface area contributed by atoms with E-state index in [1.807, 2.05) is 6.92 Å². The van der Waals surface area contributed by atoms with Crippen LogP contribution < -0.4 is 10.1 Å². The summed E-state index contributed by atoms with van der Waals surface area (Å²) in [6.07, 6.45) is 1.92. The average Bonchev–Trinajstić information content (AvgIpc) is 2.37. The molecule has 0 saturated carbocycles. The molecule has 1 aromatic carbocycles. The summed E-state index contributed by atoms with van der Waals surface area (Å²) in [6.45, 7) is 4.22. The molecule has 0 atom stereocenters. The van der Waals surface area contributed by atoms with Crippen LogP contribution in [0.15, 0.2) is 18.2 Å². The van der Waals surface area contributed by atoms with Crippen LogP contribution in [0.4, 0.5) is 0 Å². The number of hydrogen-bond acceptors (Lipinski definition) is 3. The zero-order valence-electron chi connectivity index (χ0n) is 11.2. The lowest BCUT2D eigenvalue weighted by atomic mass is 10.1. The van der Waals surface area contributed by atoms with E-state index >= 15 is 0 Å². The third-order valence-corrected chi connectivity index (χ3v) is 2.64. The highest BCUT2D eigenvalue weighted by molar-refractivity contribution is 5.91. The molecule has 0 fully saturated rings. The number of aromatic carboxylic acids is 1. The van der Waals surface area contributed by atoms with E-state index in [0.717, 1.165) is 12.8 Å². The molecule has 0 aliphatic heterocycles. The van der Waals surface area contributed by atoms with E-state index in [1.165, 1.54) is 6.07 Å². The fourth-order valence-corrected chi connectivity index (χ4v) is 1.61. The Balaban J connectivity index is 2.62. The van der Waals surface area contributed by atoms with Crippen molar-refractivity contribution in [3.05, 3.63) is 29.3 Å². The first-order valence-electron chi connectivity index (χ1n) is 6.28. The normalized spacial score (nSPS) is 10.0. The Morgan fingerprint density at radius 1 is 1.37 bits per heavy atom. The van der Waals surface area contributed by atoms with E-state index in [0.29, 0.717) is 12.1 Å². The Morgan fingerprint density at radius 2 is 2.11 bits per heavy atom. The molecule has 0 saturated heterocycles. The molecule has 0 aliphatic rings. The maximum absolute atomic E-state index is 11.5. The van der Waals surface area contributed by atoms with Crippen molar-refractivity contribution in [2.75, 3.05) is 13.2 Å². The summed E-state index contributed by atoms with van der Waals surface area (Å²) < 4.78 is 5.33. The number of aryl methyl sites for hydroxylation is 1. The van der Waals surface area contributed by atoms with Crippen LogP contribution in [-0.4, -0.2) is 30.1 Å². The van der Waals surface area contributed by atoms with Gasteiger partial charge in [-0.2, -0.15) is 0 Å². The number of unbranched alkanes of at least 4 members (excludes halogenated alkanes) is 1. The number of amides is 1. The molecule has 0 bridgehead atoms. The van der Waals surface area contributed by atoms with Crippen LogP contribution in [-0.2, 0) is 4.79 Å². The first-order valence-corrected chi connectivity index (χ1v) is 6.28. The van der Waals surface area contributed by atoms with Crippen molar-refractivity contribution in [1.29, 1.82) is 0 Å². The zero-order valence-corrected chi connectivity index (χ0v) is 11.2. The van der Waals surface area contributed by atoms with Crippen LogP contribution >= 0.6 is 0 Å². The van der Waals surface area contributed by atoms with Crippen molar-refractivity contribution in [3.63, 3.8) is 0 Å². The minimum Gasteiger partial charge on any atom is -0.483 e. The second kappa shape index (κ2) is 7.41. The van der Waals surface area contributed by atoms with Crippen LogP contribution in [0.3, 0.4) is 0 Å². The van der Waals surface area contributed by atoms with E-state index in [9.17, 15) is 9.59 Å². The molecule has 104 valence electrons. The van der Waals surface area contributed by atoms with Crippen LogP contribution in [0.5, 0.6) is 5.75 Å². The van der Waals surface area contributed by atoms with Gasteiger partial charge in [-0.1, -0.05) is 25.5 Å². The second-order valence-corrected chi connectivity index (χ2v) is 4.25. The van der Waals surface area contributed by atoms with Crippen molar-refractivity contribution in [2.45, 2.75) is 26.7 Å². The molecule has 1 aromatic rings. The molecule has 1 amide bonds. The third kappa shape index (κ3) is 4.62. The van der Waals surface area contributed by atoms with E-state index in [4.69, 9.17) is 9.84 Å². The number of carbonyl (C=O) groups is 2. The number of para-hydroxylation sites is 1. The molecular weight excluding hydrogens is 246 g/mol. The summed E-state index contributed by atoms with van der Waals surface area (Å²) in [7, 11) is 0. The Labute approximate surface area is 112 Å². The van der Waals surface area contributed by atoms with Crippen molar-refractivity contribution in [2.24, 2.45) is 0 Å². The van der Waals surface area contributed by atoms with Gasteiger partial charge in [-0.25, -0.2) is 4.79 Å². The van der Waals surface area contributed by atoms with Crippen molar-refractivity contribution < 1.29 is 19.4 Å². The van der Waals surface area contributed by atoms with Gasteiger partial charge in [-0.3, -0.25) is 4.79 Å². The lowest BCUT2D eigenvalue weighted by Gasteiger charge is -2.11. The minimum absolute atomic E-state index is 0.0707. The number of ether oxygens (including phenoxy) is 1. The van der Waals surface area contributed by atoms with Crippen molar-refractivity contribution >= 4 is 11.9 Å². The molecule has 5 heteroatoms. The molecule has 0 spiro atoms. The molecule has 0 heterocycles. The maximum Gasteiger partial charge on any atom is 0.339 e. The van der Waals surface area contributed by atoms with Crippen molar-refractivity contribution in [1.82, 2.24) is 5.32 Å². The van der Waals surface area contributed by atoms with E-state index in [2.05, 4.69) is 5.32 Å². The van der Waals surface area contributed by atoms with Gasteiger partial charge < -0.3 is 15.2 Å². The number of carbonyl (C=O) groups excluding carboxylic acids is 1. The maximum atomic E-state index is 11.5. The third-order valence-electron chi connectivity index (χ3n) is 2.64. The molecule has 0 aromatic heterocycles. The van der Waals surface area contributed by atoms with Gasteiger partial charge in [0.2, 0.25) is 0 Å². The predicted octanol–water partition coefficient (Wildman–Crippen LogP) is 1.99. The molecule has 19 heavy (non-hydrogen) atoms. The summed E-state index contributed by atoms with van der Waals surface area (Å²) in [5.41, 5.74) is 0.766. The fourth-order valence-electron chi connectivity index (χ4n) is 1.61. The average molecular weight is 265 g/mol. The fraction of sp³-hybridized carbons (Fsp3) is 0.429. The topological polar surface area (TPSA) is 75.6 Å². The van der Waals surface area contributed by atoms with Gasteiger partial charge in [-0.15, -0.1) is 0 Å².